The number of ether oxygens (including phenoxy) is 3. The zero-order valence-electron chi connectivity index (χ0n) is 13.6. The van der Waals surface area contributed by atoms with Crippen LogP contribution >= 0.6 is 23.4 Å². The summed E-state index contributed by atoms with van der Waals surface area (Å²) < 4.78 is 15.4. The van der Waals surface area contributed by atoms with Gasteiger partial charge in [0.05, 0.1) is 24.1 Å². The van der Waals surface area contributed by atoms with Crippen LogP contribution in [0.1, 0.15) is 12.0 Å². The Morgan fingerprint density at radius 1 is 1.17 bits per heavy atom. The molecule has 2 rings (SSSR count). The molecule has 1 saturated heterocycles. The number of hydrogen-bond acceptors (Lipinski definition) is 6. The average Bonchev–Trinajstić information content (AvgIpc) is 2.83. The fraction of sp³-hybridized carbons (Fsp3) is 0.375. The van der Waals surface area contributed by atoms with Gasteiger partial charge in [-0.25, -0.2) is 0 Å². The highest BCUT2D eigenvalue weighted by atomic mass is 35.5. The highest BCUT2D eigenvalue weighted by Crippen LogP contribution is 2.37. The summed E-state index contributed by atoms with van der Waals surface area (Å²) in [4.78, 5) is 25.9. The lowest BCUT2D eigenvalue weighted by Gasteiger charge is -2.11. The van der Waals surface area contributed by atoms with E-state index in [-0.39, 0.29) is 11.1 Å². The Hall–Kier alpha value is -1.70. The largest absolute Gasteiger partial charge is 0.493 e. The predicted octanol–water partition coefficient (Wildman–Crippen LogP) is 3.43. The van der Waals surface area contributed by atoms with E-state index in [4.69, 9.17) is 25.8 Å². The summed E-state index contributed by atoms with van der Waals surface area (Å²) in [6, 6.07) is 3.27. The van der Waals surface area contributed by atoms with Crippen LogP contribution in [0.2, 0.25) is 5.02 Å². The predicted molar refractivity (Wildman–Crippen MR) is 93.7 cm³/mol. The van der Waals surface area contributed by atoms with Gasteiger partial charge in [-0.05, 0) is 35.9 Å². The molecule has 2 amide bonds. The molecule has 0 unspecified atom stereocenters. The Balaban J connectivity index is 2.25. The first-order valence-corrected chi connectivity index (χ1v) is 8.37. The number of carbonyl (C=O) groups excluding carboxylic acids is 2. The fourth-order valence-electron chi connectivity index (χ4n) is 2.18. The maximum atomic E-state index is 12.4. The van der Waals surface area contributed by atoms with Gasteiger partial charge in [-0.2, -0.15) is 0 Å². The molecular formula is C16H18ClNO5S. The van der Waals surface area contributed by atoms with Gasteiger partial charge in [0.1, 0.15) is 0 Å². The molecule has 1 aliphatic rings. The molecule has 0 atom stereocenters. The van der Waals surface area contributed by atoms with Crippen LogP contribution in [-0.2, 0) is 9.53 Å². The first kappa shape index (κ1) is 18.6. The Kier molecular flexibility index (Phi) is 6.53. The van der Waals surface area contributed by atoms with Gasteiger partial charge in [0, 0.05) is 26.3 Å². The van der Waals surface area contributed by atoms with E-state index in [9.17, 15) is 9.59 Å². The van der Waals surface area contributed by atoms with Crippen LogP contribution in [-0.4, -0.2) is 50.5 Å². The van der Waals surface area contributed by atoms with E-state index >= 15 is 0 Å². The molecule has 1 fully saturated rings. The number of methoxy groups -OCH3 is 3. The van der Waals surface area contributed by atoms with E-state index in [0.717, 1.165) is 11.8 Å². The highest BCUT2D eigenvalue weighted by Gasteiger charge is 2.34. The van der Waals surface area contributed by atoms with Gasteiger partial charge < -0.3 is 14.2 Å². The van der Waals surface area contributed by atoms with Gasteiger partial charge in [-0.3, -0.25) is 14.5 Å². The molecule has 0 bridgehead atoms. The van der Waals surface area contributed by atoms with Crippen molar-refractivity contribution in [3.63, 3.8) is 0 Å². The molecule has 0 saturated carbocycles. The second-order valence-electron chi connectivity index (χ2n) is 4.91. The number of nitrogens with zero attached hydrogens (tertiary/aromatic N) is 1. The number of imide groups is 1. The number of benzene rings is 1. The molecule has 6 nitrogen and oxygen atoms in total. The quantitative estimate of drug-likeness (QED) is 0.540. The zero-order valence-corrected chi connectivity index (χ0v) is 15.2. The average molecular weight is 372 g/mol. The van der Waals surface area contributed by atoms with Crippen molar-refractivity contribution in [2.75, 3.05) is 34.5 Å². The molecule has 0 radical (unpaired) electrons. The lowest BCUT2D eigenvalue weighted by molar-refractivity contribution is -0.122. The Labute approximate surface area is 149 Å². The van der Waals surface area contributed by atoms with Crippen LogP contribution in [0.4, 0.5) is 4.79 Å². The summed E-state index contributed by atoms with van der Waals surface area (Å²) in [6.07, 6.45) is 2.18. The van der Waals surface area contributed by atoms with Gasteiger partial charge in [-0.1, -0.05) is 11.6 Å². The van der Waals surface area contributed by atoms with Gasteiger partial charge in [0.2, 0.25) is 0 Å². The van der Waals surface area contributed by atoms with Gasteiger partial charge in [-0.15, -0.1) is 0 Å². The standard InChI is InChI=1S/C16H18ClNO5S/c1-21-6-4-5-18-15(19)14(24-16(18)20)8-10-7-12(22-2)13(23-3)9-11(10)17/h7-9H,4-6H2,1-3H3/b14-8+. The van der Waals surface area contributed by atoms with E-state index in [1.807, 2.05) is 0 Å². The monoisotopic (exact) mass is 371 g/mol. The molecule has 1 aromatic carbocycles. The SMILES string of the molecule is COCCCN1C(=O)S/C(=C/c2cc(OC)c(OC)cc2Cl)C1=O. The van der Waals surface area contributed by atoms with E-state index in [0.29, 0.717) is 46.6 Å². The molecule has 0 spiro atoms. The summed E-state index contributed by atoms with van der Waals surface area (Å²) in [7, 11) is 4.60. The van der Waals surface area contributed by atoms with Crippen molar-refractivity contribution in [1.29, 1.82) is 0 Å². The molecule has 0 aromatic heterocycles. The molecular weight excluding hydrogens is 354 g/mol. The van der Waals surface area contributed by atoms with Crippen LogP contribution in [0.3, 0.4) is 0 Å². The third-order valence-electron chi connectivity index (χ3n) is 3.39. The Bertz CT molecular complexity index is 677. The Morgan fingerprint density at radius 3 is 2.46 bits per heavy atom. The smallest absolute Gasteiger partial charge is 0.293 e. The molecule has 24 heavy (non-hydrogen) atoms. The minimum absolute atomic E-state index is 0.293. The van der Waals surface area contributed by atoms with Crippen molar-refractivity contribution >= 4 is 40.6 Å². The lowest BCUT2D eigenvalue weighted by Crippen LogP contribution is -2.29. The molecule has 8 heteroatoms. The minimum Gasteiger partial charge on any atom is -0.493 e. The molecule has 0 N–H and O–H groups in total. The summed E-state index contributed by atoms with van der Waals surface area (Å²) in [5, 5.41) is 0.109. The summed E-state index contributed by atoms with van der Waals surface area (Å²) in [6.45, 7) is 0.817. The minimum atomic E-state index is -0.327. The van der Waals surface area contributed by atoms with Crippen LogP contribution in [0.25, 0.3) is 6.08 Å². The third kappa shape index (κ3) is 4.03. The topological polar surface area (TPSA) is 65.1 Å². The number of halogens is 1. The second kappa shape index (κ2) is 8.41. The van der Waals surface area contributed by atoms with Crippen molar-refractivity contribution in [2.45, 2.75) is 6.42 Å². The molecule has 0 aliphatic carbocycles. The van der Waals surface area contributed by atoms with Crippen molar-refractivity contribution in [2.24, 2.45) is 0 Å². The zero-order chi connectivity index (χ0) is 17.7. The molecule has 1 heterocycles. The van der Waals surface area contributed by atoms with Gasteiger partial charge in [0.15, 0.2) is 11.5 Å². The normalized spacial score (nSPS) is 16.2. The van der Waals surface area contributed by atoms with E-state index in [1.54, 1.807) is 25.3 Å². The van der Waals surface area contributed by atoms with Crippen molar-refractivity contribution in [1.82, 2.24) is 4.90 Å². The fourth-order valence-corrected chi connectivity index (χ4v) is 3.25. The lowest BCUT2D eigenvalue weighted by atomic mass is 10.1. The molecule has 1 aromatic rings. The first-order valence-electron chi connectivity index (χ1n) is 7.17. The first-order chi connectivity index (χ1) is 11.5. The Morgan fingerprint density at radius 2 is 1.83 bits per heavy atom. The number of rotatable bonds is 7. The maximum absolute atomic E-state index is 12.4. The second-order valence-corrected chi connectivity index (χ2v) is 6.31. The van der Waals surface area contributed by atoms with Gasteiger partial charge in [0.25, 0.3) is 11.1 Å². The van der Waals surface area contributed by atoms with Crippen LogP contribution in [0.5, 0.6) is 11.5 Å². The van der Waals surface area contributed by atoms with Crippen LogP contribution < -0.4 is 9.47 Å². The van der Waals surface area contributed by atoms with Gasteiger partial charge >= 0.3 is 0 Å². The molecule has 130 valence electrons. The number of hydrogen-bond donors (Lipinski definition) is 0. The number of carbonyl (C=O) groups is 2. The molecule has 1 aliphatic heterocycles. The van der Waals surface area contributed by atoms with Crippen molar-refractivity contribution in [3.8, 4) is 11.5 Å². The van der Waals surface area contributed by atoms with E-state index in [2.05, 4.69) is 0 Å². The summed E-state index contributed by atoms with van der Waals surface area (Å²) in [5.74, 6) is 0.659. The van der Waals surface area contributed by atoms with E-state index < -0.39 is 0 Å². The number of thioether (sulfide) groups is 1. The van der Waals surface area contributed by atoms with Crippen LogP contribution in [0, 0.1) is 0 Å². The van der Waals surface area contributed by atoms with E-state index in [1.165, 1.54) is 19.1 Å². The maximum Gasteiger partial charge on any atom is 0.293 e. The summed E-state index contributed by atoms with van der Waals surface area (Å²) in [5.41, 5.74) is 0.580. The third-order valence-corrected chi connectivity index (χ3v) is 4.63. The van der Waals surface area contributed by atoms with Crippen molar-refractivity contribution < 1.29 is 23.8 Å². The number of amides is 2. The van der Waals surface area contributed by atoms with Crippen molar-refractivity contribution in [3.05, 3.63) is 27.6 Å². The summed E-state index contributed by atoms with van der Waals surface area (Å²) >= 11 is 7.12. The van der Waals surface area contributed by atoms with Crippen LogP contribution in [0.15, 0.2) is 17.0 Å². The highest BCUT2D eigenvalue weighted by molar-refractivity contribution is 8.18.